The lowest BCUT2D eigenvalue weighted by Gasteiger charge is -2.07. The van der Waals surface area contributed by atoms with Crippen molar-refractivity contribution in [1.29, 1.82) is 5.26 Å². The number of rotatable bonds is 7. The number of hydrogen-bond donors (Lipinski definition) is 2. The van der Waals surface area contributed by atoms with Crippen molar-refractivity contribution in [3.8, 4) is 17.6 Å². The number of carbonyl (C=O) groups is 2. The summed E-state index contributed by atoms with van der Waals surface area (Å²) >= 11 is 0. The Bertz CT molecular complexity index is 911. The highest BCUT2D eigenvalue weighted by Gasteiger charge is 2.13. The fourth-order valence-electron chi connectivity index (χ4n) is 2.30. The van der Waals surface area contributed by atoms with E-state index in [1.54, 1.807) is 30.3 Å². The van der Waals surface area contributed by atoms with Crippen LogP contribution in [0.25, 0.3) is 6.08 Å². The first kappa shape index (κ1) is 19.5. The van der Waals surface area contributed by atoms with E-state index in [4.69, 9.17) is 9.47 Å². The van der Waals surface area contributed by atoms with Gasteiger partial charge in [0, 0.05) is 5.69 Å². The first-order valence-corrected chi connectivity index (χ1v) is 8.05. The van der Waals surface area contributed by atoms with Crippen LogP contribution in [0, 0.1) is 11.3 Å². The zero-order valence-corrected chi connectivity index (χ0v) is 14.9. The molecule has 0 aliphatic carbocycles. The zero-order valence-electron chi connectivity index (χ0n) is 14.9. The molecule has 1 amide bonds. The second-order valence-electron chi connectivity index (χ2n) is 5.35. The summed E-state index contributed by atoms with van der Waals surface area (Å²) in [5.41, 5.74) is 0.679. The Labute approximate surface area is 156 Å². The van der Waals surface area contributed by atoms with Crippen molar-refractivity contribution in [3.63, 3.8) is 0 Å². The number of carboxylic acids is 1. The lowest BCUT2D eigenvalue weighted by molar-refractivity contribution is -0.112. The van der Waals surface area contributed by atoms with Crippen LogP contribution in [0.5, 0.6) is 11.5 Å². The smallest absolute Gasteiger partial charge is 0.339 e. The molecule has 0 aliphatic rings. The number of carbonyl (C=O) groups excluding carboxylic acids is 1. The van der Waals surface area contributed by atoms with E-state index < -0.39 is 11.9 Å². The summed E-state index contributed by atoms with van der Waals surface area (Å²) in [4.78, 5) is 23.6. The third-order valence-electron chi connectivity index (χ3n) is 3.55. The van der Waals surface area contributed by atoms with Gasteiger partial charge in [-0.15, -0.1) is 0 Å². The highest BCUT2D eigenvalue weighted by atomic mass is 16.5. The monoisotopic (exact) mass is 366 g/mol. The Morgan fingerprint density at radius 1 is 1.22 bits per heavy atom. The van der Waals surface area contributed by atoms with E-state index in [0.717, 1.165) is 0 Å². The zero-order chi connectivity index (χ0) is 19.8. The lowest BCUT2D eigenvalue weighted by Crippen LogP contribution is -2.13. The summed E-state index contributed by atoms with van der Waals surface area (Å²) in [6.07, 6.45) is 1.32. The number of hydrogen-bond acceptors (Lipinski definition) is 5. The molecule has 0 saturated carbocycles. The molecule has 2 rings (SSSR count). The van der Waals surface area contributed by atoms with Gasteiger partial charge >= 0.3 is 5.97 Å². The summed E-state index contributed by atoms with van der Waals surface area (Å²) in [5, 5.41) is 21.1. The molecule has 0 saturated heterocycles. The molecule has 0 unspecified atom stereocenters. The summed E-state index contributed by atoms with van der Waals surface area (Å²) in [7, 11) is 1.36. The van der Waals surface area contributed by atoms with Crippen molar-refractivity contribution < 1.29 is 24.2 Å². The number of ether oxygens (including phenoxy) is 2. The molecule has 27 heavy (non-hydrogen) atoms. The van der Waals surface area contributed by atoms with Crippen LogP contribution in [0.2, 0.25) is 0 Å². The molecule has 2 N–H and O–H groups in total. The van der Waals surface area contributed by atoms with E-state index >= 15 is 0 Å². The molecule has 2 aromatic carbocycles. The molecule has 0 radical (unpaired) electrons. The molecule has 0 heterocycles. The largest absolute Gasteiger partial charge is 0.496 e. The van der Waals surface area contributed by atoms with E-state index in [1.165, 1.54) is 25.3 Å². The molecule has 0 aromatic heterocycles. The van der Waals surface area contributed by atoms with E-state index in [2.05, 4.69) is 5.32 Å². The fraction of sp³-hybridized carbons (Fsp3) is 0.150. The highest BCUT2D eigenvalue weighted by molar-refractivity contribution is 6.09. The average Bonchev–Trinajstić information content (AvgIpc) is 2.67. The summed E-state index contributed by atoms with van der Waals surface area (Å²) < 4.78 is 10.3. The molecule has 7 nitrogen and oxygen atoms in total. The lowest BCUT2D eigenvalue weighted by atomic mass is 10.1. The van der Waals surface area contributed by atoms with E-state index in [9.17, 15) is 20.0 Å². The predicted molar refractivity (Wildman–Crippen MR) is 99.8 cm³/mol. The van der Waals surface area contributed by atoms with Gasteiger partial charge in [0.25, 0.3) is 5.91 Å². The van der Waals surface area contributed by atoms with E-state index in [0.29, 0.717) is 23.6 Å². The Kier molecular flexibility index (Phi) is 6.55. The van der Waals surface area contributed by atoms with Crippen molar-refractivity contribution in [2.75, 3.05) is 19.0 Å². The Morgan fingerprint density at radius 2 is 1.93 bits per heavy atom. The molecule has 0 fully saturated rings. The first-order chi connectivity index (χ1) is 13.0. The number of methoxy groups -OCH3 is 1. The molecular weight excluding hydrogens is 348 g/mol. The van der Waals surface area contributed by atoms with Crippen LogP contribution < -0.4 is 14.8 Å². The maximum absolute atomic E-state index is 12.3. The second-order valence-corrected chi connectivity index (χ2v) is 5.35. The van der Waals surface area contributed by atoms with Crippen molar-refractivity contribution in [2.45, 2.75) is 6.92 Å². The normalized spacial score (nSPS) is 10.6. The van der Waals surface area contributed by atoms with Gasteiger partial charge in [-0.25, -0.2) is 4.79 Å². The standard InChI is InChI=1S/C20H18N2O5/c1-3-27-16-7-5-15(6-8-16)22-19(23)14(12-21)10-13-4-9-18(26-2)17(11-13)20(24)25/h4-11H,3H2,1-2H3,(H,22,23)(H,24,25)/b14-10-. The molecule has 7 heteroatoms. The van der Waals surface area contributed by atoms with Gasteiger partial charge in [-0.1, -0.05) is 6.07 Å². The molecule has 2 aromatic rings. The second kappa shape index (κ2) is 9.06. The highest BCUT2D eigenvalue weighted by Crippen LogP contribution is 2.22. The van der Waals surface area contributed by atoms with Crippen LogP contribution in [0.3, 0.4) is 0 Å². The van der Waals surface area contributed by atoms with Crippen molar-refractivity contribution in [1.82, 2.24) is 0 Å². The number of anilines is 1. The van der Waals surface area contributed by atoms with E-state index in [-0.39, 0.29) is 16.9 Å². The number of benzene rings is 2. The van der Waals surface area contributed by atoms with Gasteiger partial charge in [0.05, 0.1) is 13.7 Å². The van der Waals surface area contributed by atoms with Gasteiger partial charge in [-0.05, 0) is 55.0 Å². The van der Waals surface area contributed by atoms with Crippen LogP contribution in [0.1, 0.15) is 22.8 Å². The Morgan fingerprint density at radius 3 is 2.48 bits per heavy atom. The summed E-state index contributed by atoms with van der Waals surface area (Å²) in [6, 6.07) is 12.9. The number of nitrogens with one attached hydrogen (secondary N) is 1. The van der Waals surface area contributed by atoms with Gasteiger partial charge in [0.15, 0.2) is 0 Å². The Hall–Kier alpha value is -3.79. The first-order valence-electron chi connectivity index (χ1n) is 8.05. The van der Waals surface area contributed by atoms with Crippen molar-refractivity contribution in [3.05, 3.63) is 59.2 Å². The quantitative estimate of drug-likeness (QED) is 0.575. The van der Waals surface area contributed by atoms with Crippen LogP contribution in [0.4, 0.5) is 5.69 Å². The molecule has 0 bridgehead atoms. The molecule has 0 atom stereocenters. The Balaban J connectivity index is 2.22. The van der Waals surface area contributed by atoms with Gasteiger partial charge in [0.2, 0.25) is 0 Å². The topological polar surface area (TPSA) is 109 Å². The third kappa shape index (κ3) is 5.09. The van der Waals surface area contributed by atoms with Crippen LogP contribution in [0.15, 0.2) is 48.0 Å². The maximum Gasteiger partial charge on any atom is 0.339 e. The minimum atomic E-state index is -1.17. The number of nitriles is 1. The molecular formula is C20H18N2O5. The van der Waals surface area contributed by atoms with E-state index in [1.807, 2.05) is 13.0 Å². The number of amides is 1. The number of aromatic carboxylic acids is 1. The average molecular weight is 366 g/mol. The van der Waals surface area contributed by atoms with Crippen LogP contribution in [-0.4, -0.2) is 30.7 Å². The van der Waals surface area contributed by atoms with Crippen molar-refractivity contribution in [2.24, 2.45) is 0 Å². The van der Waals surface area contributed by atoms with Gasteiger partial charge in [-0.3, -0.25) is 4.79 Å². The maximum atomic E-state index is 12.3. The van der Waals surface area contributed by atoms with Gasteiger partial charge in [-0.2, -0.15) is 5.26 Å². The molecule has 0 aliphatic heterocycles. The summed E-state index contributed by atoms with van der Waals surface area (Å²) in [6.45, 7) is 2.40. The predicted octanol–water partition coefficient (Wildman–Crippen LogP) is 3.34. The minimum Gasteiger partial charge on any atom is -0.496 e. The SMILES string of the molecule is CCOc1ccc(NC(=O)/C(C#N)=C\c2ccc(OC)c(C(=O)O)c2)cc1. The molecule has 138 valence electrons. The fourth-order valence-corrected chi connectivity index (χ4v) is 2.30. The van der Waals surface area contributed by atoms with Crippen LogP contribution >= 0.6 is 0 Å². The van der Waals surface area contributed by atoms with Gasteiger partial charge in [0.1, 0.15) is 28.7 Å². The third-order valence-corrected chi connectivity index (χ3v) is 3.55. The number of nitrogens with zero attached hydrogens (tertiary/aromatic N) is 1. The van der Waals surface area contributed by atoms with Crippen LogP contribution in [-0.2, 0) is 4.79 Å². The summed E-state index contributed by atoms with van der Waals surface area (Å²) in [5.74, 6) is -0.906. The number of carboxylic acid groups (broad SMARTS) is 1. The van der Waals surface area contributed by atoms with Gasteiger partial charge < -0.3 is 19.9 Å². The van der Waals surface area contributed by atoms with Crippen molar-refractivity contribution >= 4 is 23.6 Å². The minimum absolute atomic E-state index is 0.0598. The molecule has 0 spiro atoms.